The Kier molecular flexibility index (Phi) is 5.64. The molecule has 4 aromatic rings. The molecule has 31 heavy (non-hydrogen) atoms. The summed E-state index contributed by atoms with van der Waals surface area (Å²) in [7, 11) is 1.65. The smallest absolute Gasteiger partial charge is 0.256 e. The van der Waals surface area contributed by atoms with Crippen LogP contribution in [0.1, 0.15) is 10.4 Å². The predicted molar refractivity (Wildman–Crippen MR) is 115 cm³/mol. The Hall–Kier alpha value is -3.78. The van der Waals surface area contributed by atoms with Gasteiger partial charge >= 0.3 is 0 Å². The van der Waals surface area contributed by atoms with Gasteiger partial charge in [-0.2, -0.15) is 4.98 Å². The van der Waals surface area contributed by atoms with Gasteiger partial charge in [0.25, 0.3) is 5.91 Å². The first kappa shape index (κ1) is 20.5. The van der Waals surface area contributed by atoms with Crippen LogP contribution in [0.15, 0.2) is 60.8 Å². The molecule has 156 valence electrons. The number of carbonyl (C=O) groups is 1. The lowest BCUT2D eigenvalue weighted by Gasteiger charge is -2.12. The number of hydrogen-bond donors (Lipinski definition) is 2. The predicted octanol–water partition coefficient (Wildman–Crippen LogP) is 5.65. The Bertz CT molecular complexity index is 1300. The maximum atomic E-state index is 15.1. The minimum atomic E-state index is -0.637. The average molecular weight is 441 g/mol. The van der Waals surface area contributed by atoms with Crippen molar-refractivity contribution in [3.63, 3.8) is 0 Å². The molecule has 1 amide bonds. The summed E-state index contributed by atoms with van der Waals surface area (Å²) in [6.45, 7) is 0. The van der Waals surface area contributed by atoms with E-state index in [1.807, 2.05) is 0 Å². The maximum absolute atomic E-state index is 15.1. The highest BCUT2D eigenvalue weighted by molar-refractivity contribution is 6.31. The third kappa shape index (κ3) is 4.24. The molecule has 6 nitrogen and oxygen atoms in total. The highest BCUT2D eigenvalue weighted by Crippen LogP contribution is 2.31. The highest BCUT2D eigenvalue weighted by atomic mass is 35.5. The van der Waals surface area contributed by atoms with Crippen molar-refractivity contribution >= 4 is 39.9 Å². The molecule has 0 spiro atoms. The van der Waals surface area contributed by atoms with Gasteiger partial charge in [-0.15, -0.1) is 0 Å². The van der Waals surface area contributed by atoms with E-state index in [1.165, 1.54) is 30.5 Å². The number of carbonyl (C=O) groups excluding carboxylic acids is 1. The largest absolute Gasteiger partial charge is 0.436 e. The first-order chi connectivity index (χ1) is 15.0. The van der Waals surface area contributed by atoms with Crippen LogP contribution in [0.5, 0.6) is 11.6 Å². The van der Waals surface area contributed by atoms with E-state index in [2.05, 4.69) is 20.6 Å². The Balaban J connectivity index is 1.66. The molecule has 1 aromatic heterocycles. The normalized spacial score (nSPS) is 10.7. The molecule has 0 bridgehead atoms. The third-order valence-electron chi connectivity index (χ3n) is 4.45. The van der Waals surface area contributed by atoms with E-state index in [-0.39, 0.29) is 27.6 Å². The lowest BCUT2D eigenvalue weighted by atomic mass is 10.0. The van der Waals surface area contributed by atoms with E-state index in [0.717, 1.165) is 6.07 Å². The van der Waals surface area contributed by atoms with Crippen molar-refractivity contribution in [2.75, 3.05) is 17.7 Å². The molecule has 0 atom stereocenters. The third-order valence-corrected chi connectivity index (χ3v) is 4.74. The van der Waals surface area contributed by atoms with Crippen molar-refractivity contribution in [1.82, 2.24) is 9.97 Å². The zero-order valence-electron chi connectivity index (χ0n) is 16.1. The number of halogens is 3. The molecular weight excluding hydrogens is 426 g/mol. The van der Waals surface area contributed by atoms with Gasteiger partial charge in [-0.25, -0.2) is 13.8 Å². The number of rotatable bonds is 5. The van der Waals surface area contributed by atoms with Gasteiger partial charge in [0.15, 0.2) is 11.6 Å². The fourth-order valence-electron chi connectivity index (χ4n) is 2.98. The molecule has 0 aliphatic rings. The zero-order chi connectivity index (χ0) is 22.0. The van der Waals surface area contributed by atoms with Crippen LogP contribution in [0.4, 0.5) is 20.4 Å². The molecule has 0 radical (unpaired) electrons. The summed E-state index contributed by atoms with van der Waals surface area (Å²) in [4.78, 5) is 20.8. The Labute approximate surface area is 180 Å². The van der Waals surface area contributed by atoms with Gasteiger partial charge in [0, 0.05) is 35.9 Å². The highest BCUT2D eigenvalue weighted by Gasteiger charge is 2.16. The van der Waals surface area contributed by atoms with E-state index < -0.39 is 17.5 Å². The second-order valence-electron chi connectivity index (χ2n) is 6.43. The number of fused-ring (bicyclic) bond motifs is 1. The summed E-state index contributed by atoms with van der Waals surface area (Å²) < 4.78 is 34.0. The van der Waals surface area contributed by atoms with Crippen molar-refractivity contribution in [2.24, 2.45) is 0 Å². The molecule has 0 fully saturated rings. The van der Waals surface area contributed by atoms with E-state index in [4.69, 9.17) is 16.3 Å². The van der Waals surface area contributed by atoms with Crippen LogP contribution in [0.2, 0.25) is 5.02 Å². The molecule has 1 heterocycles. The number of amides is 1. The lowest BCUT2D eigenvalue weighted by molar-refractivity contribution is 0.102. The van der Waals surface area contributed by atoms with Crippen LogP contribution in [0.25, 0.3) is 10.8 Å². The minimum Gasteiger partial charge on any atom is -0.436 e. The molecule has 0 unspecified atom stereocenters. The Morgan fingerprint density at radius 3 is 2.68 bits per heavy atom. The summed E-state index contributed by atoms with van der Waals surface area (Å²) in [6, 6.07) is 13.0. The summed E-state index contributed by atoms with van der Waals surface area (Å²) >= 11 is 5.76. The standard InChI is InChI=1S/C22H15ClF2N4O2/c1-26-22-27-10-9-19(29-22)31-18-8-6-13-14(20(18)25)3-2-4-15(13)21(30)28-12-5-7-17(24)16(23)11-12/h2-11H,1H3,(H,28,30)(H,26,27,29). The van der Waals surface area contributed by atoms with Gasteiger partial charge in [-0.1, -0.05) is 23.7 Å². The molecule has 0 saturated heterocycles. The minimum absolute atomic E-state index is 0.0453. The number of anilines is 2. The van der Waals surface area contributed by atoms with Gasteiger partial charge in [0.2, 0.25) is 11.8 Å². The molecule has 0 aliphatic carbocycles. The van der Waals surface area contributed by atoms with Gasteiger partial charge in [-0.05, 0) is 41.8 Å². The maximum Gasteiger partial charge on any atom is 0.256 e. The molecule has 9 heteroatoms. The van der Waals surface area contributed by atoms with Crippen LogP contribution in [0.3, 0.4) is 0 Å². The number of hydrogen-bond acceptors (Lipinski definition) is 5. The first-order valence-corrected chi connectivity index (χ1v) is 9.50. The molecule has 4 rings (SSSR count). The van der Waals surface area contributed by atoms with Crippen LogP contribution in [-0.2, 0) is 0 Å². The van der Waals surface area contributed by atoms with Crippen molar-refractivity contribution in [3.05, 3.63) is 83.0 Å². The van der Waals surface area contributed by atoms with Crippen molar-refractivity contribution in [3.8, 4) is 11.6 Å². The quantitative estimate of drug-likeness (QED) is 0.419. The van der Waals surface area contributed by atoms with Gasteiger partial charge < -0.3 is 15.4 Å². The number of nitrogens with zero attached hydrogens (tertiary/aromatic N) is 2. The van der Waals surface area contributed by atoms with Crippen LogP contribution in [-0.4, -0.2) is 22.9 Å². The first-order valence-electron chi connectivity index (χ1n) is 9.12. The SMILES string of the molecule is CNc1nccc(Oc2ccc3c(C(=O)Nc4ccc(F)c(Cl)c4)cccc3c2F)n1. The molecule has 2 N–H and O–H groups in total. The van der Waals surface area contributed by atoms with Crippen molar-refractivity contribution in [1.29, 1.82) is 0 Å². The topological polar surface area (TPSA) is 76.1 Å². The van der Waals surface area contributed by atoms with E-state index >= 15 is 4.39 Å². The average Bonchev–Trinajstić information content (AvgIpc) is 2.78. The van der Waals surface area contributed by atoms with Gasteiger partial charge in [0.1, 0.15) is 5.82 Å². The fourth-order valence-corrected chi connectivity index (χ4v) is 3.16. The summed E-state index contributed by atoms with van der Waals surface area (Å²) in [5.41, 5.74) is 0.556. The molecule has 0 aliphatic heterocycles. The number of ether oxygens (including phenoxy) is 1. The van der Waals surface area contributed by atoms with Crippen molar-refractivity contribution < 1.29 is 18.3 Å². The van der Waals surface area contributed by atoms with Crippen LogP contribution >= 0.6 is 11.6 Å². The fraction of sp³-hybridized carbons (Fsp3) is 0.0455. The van der Waals surface area contributed by atoms with Crippen molar-refractivity contribution in [2.45, 2.75) is 0 Å². The van der Waals surface area contributed by atoms with E-state index in [1.54, 1.807) is 31.3 Å². The van der Waals surface area contributed by atoms with E-state index in [0.29, 0.717) is 17.0 Å². The summed E-state index contributed by atoms with van der Waals surface area (Å²) in [5, 5.41) is 5.88. The van der Waals surface area contributed by atoms with Crippen LogP contribution in [0, 0.1) is 11.6 Å². The van der Waals surface area contributed by atoms with Gasteiger partial charge in [-0.3, -0.25) is 4.79 Å². The summed E-state index contributed by atoms with van der Waals surface area (Å²) in [6.07, 6.45) is 1.48. The monoisotopic (exact) mass is 440 g/mol. The van der Waals surface area contributed by atoms with Gasteiger partial charge in [0.05, 0.1) is 5.02 Å². The molecule has 3 aromatic carbocycles. The Morgan fingerprint density at radius 2 is 1.90 bits per heavy atom. The molecular formula is C22H15ClF2N4O2. The Morgan fingerprint density at radius 1 is 1.06 bits per heavy atom. The van der Waals surface area contributed by atoms with Crippen LogP contribution < -0.4 is 15.4 Å². The number of aromatic nitrogens is 2. The number of benzene rings is 3. The summed E-state index contributed by atoms with van der Waals surface area (Å²) in [5.74, 6) is -1.27. The number of nitrogens with one attached hydrogen (secondary N) is 2. The second kappa shape index (κ2) is 8.53. The second-order valence-corrected chi connectivity index (χ2v) is 6.84. The zero-order valence-corrected chi connectivity index (χ0v) is 16.9. The molecule has 0 saturated carbocycles. The van der Waals surface area contributed by atoms with E-state index in [9.17, 15) is 9.18 Å². The lowest BCUT2D eigenvalue weighted by Crippen LogP contribution is -2.12.